The van der Waals surface area contributed by atoms with E-state index in [-0.39, 0.29) is 46.7 Å². The van der Waals surface area contributed by atoms with Crippen molar-refractivity contribution in [3.8, 4) is 10.6 Å². The van der Waals surface area contributed by atoms with Crippen LogP contribution in [-0.2, 0) is 11.2 Å². The summed E-state index contributed by atoms with van der Waals surface area (Å²) in [6, 6.07) is 5.50. The topological polar surface area (TPSA) is 78.1 Å². The van der Waals surface area contributed by atoms with Crippen LogP contribution >= 0.6 is 11.3 Å². The average Bonchev–Trinajstić information content (AvgIpc) is 3.17. The number of halogens is 2. The Hall–Kier alpha value is -2.55. The number of rotatable bonds is 5. The van der Waals surface area contributed by atoms with E-state index in [9.17, 15) is 13.6 Å². The number of carbonyl (C=O) groups is 1. The first-order valence-electron chi connectivity index (χ1n) is 9.69. The van der Waals surface area contributed by atoms with E-state index in [1.807, 2.05) is 13.0 Å². The van der Waals surface area contributed by atoms with Crippen LogP contribution in [0.1, 0.15) is 47.5 Å². The van der Waals surface area contributed by atoms with Gasteiger partial charge in [-0.05, 0) is 49.1 Å². The SMILES string of the molecule is C[C@@H]1C[C@H](N)C[C@H](c2ccncc2CC(=O)c2csc(-c3c(F)cccc3F)n2)O1. The van der Waals surface area contributed by atoms with Gasteiger partial charge in [0.2, 0.25) is 0 Å². The number of hydrogen-bond donors (Lipinski definition) is 1. The highest BCUT2D eigenvalue weighted by atomic mass is 32.1. The fourth-order valence-electron chi connectivity index (χ4n) is 3.77. The molecule has 3 heterocycles. The zero-order chi connectivity index (χ0) is 21.3. The first-order chi connectivity index (χ1) is 14.4. The molecule has 0 aliphatic carbocycles. The first kappa shape index (κ1) is 20.7. The molecule has 0 bridgehead atoms. The smallest absolute Gasteiger partial charge is 0.186 e. The summed E-state index contributed by atoms with van der Waals surface area (Å²) in [5.74, 6) is -1.67. The van der Waals surface area contributed by atoms with Gasteiger partial charge in [-0.3, -0.25) is 9.78 Å². The van der Waals surface area contributed by atoms with Gasteiger partial charge < -0.3 is 10.5 Å². The van der Waals surface area contributed by atoms with E-state index in [2.05, 4.69) is 9.97 Å². The molecule has 1 aliphatic heterocycles. The molecule has 3 atom stereocenters. The number of pyridine rings is 1. The fraction of sp³-hybridized carbons (Fsp3) is 0.318. The van der Waals surface area contributed by atoms with Crippen molar-refractivity contribution in [3.63, 3.8) is 0 Å². The van der Waals surface area contributed by atoms with Crippen LogP contribution in [0.3, 0.4) is 0 Å². The lowest BCUT2D eigenvalue weighted by Gasteiger charge is -2.33. The maximum Gasteiger partial charge on any atom is 0.186 e. The molecule has 1 fully saturated rings. The van der Waals surface area contributed by atoms with Crippen LogP contribution in [0.5, 0.6) is 0 Å². The maximum absolute atomic E-state index is 14.0. The molecule has 30 heavy (non-hydrogen) atoms. The Bertz CT molecular complexity index is 1040. The Morgan fingerprint density at radius 2 is 2.03 bits per heavy atom. The van der Waals surface area contributed by atoms with Crippen molar-refractivity contribution >= 4 is 17.1 Å². The molecular weight excluding hydrogens is 408 g/mol. The second-order valence-electron chi connectivity index (χ2n) is 7.48. The predicted molar refractivity (Wildman–Crippen MR) is 110 cm³/mol. The summed E-state index contributed by atoms with van der Waals surface area (Å²) in [4.78, 5) is 21.2. The van der Waals surface area contributed by atoms with Crippen LogP contribution in [0.4, 0.5) is 8.78 Å². The summed E-state index contributed by atoms with van der Waals surface area (Å²) in [6.07, 6.45) is 4.67. The molecule has 0 unspecified atom stereocenters. The van der Waals surface area contributed by atoms with Crippen LogP contribution in [0.2, 0.25) is 0 Å². The highest BCUT2D eigenvalue weighted by Gasteiger charge is 2.28. The molecule has 0 amide bonds. The van der Waals surface area contributed by atoms with E-state index < -0.39 is 11.6 Å². The fourth-order valence-corrected chi connectivity index (χ4v) is 4.64. The number of Topliss-reactive ketones (excluding diaryl/α,β-unsaturated/α-hetero) is 1. The van der Waals surface area contributed by atoms with E-state index in [1.54, 1.807) is 12.4 Å². The monoisotopic (exact) mass is 429 g/mol. The zero-order valence-electron chi connectivity index (χ0n) is 16.3. The van der Waals surface area contributed by atoms with Gasteiger partial charge in [0, 0.05) is 30.2 Å². The third kappa shape index (κ3) is 4.30. The molecule has 8 heteroatoms. The Kier molecular flexibility index (Phi) is 5.99. The Balaban J connectivity index is 1.57. The molecule has 5 nitrogen and oxygen atoms in total. The van der Waals surface area contributed by atoms with Crippen LogP contribution in [-0.4, -0.2) is 27.9 Å². The highest BCUT2D eigenvalue weighted by Crippen LogP contribution is 2.33. The maximum atomic E-state index is 14.0. The first-order valence-corrected chi connectivity index (χ1v) is 10.6. The van der Waals surface area contributed by atoms with E-state index in [1.165, 1.54) is 23.6 Å². The third-order valence-corrected chi connectivity index (χ3v) is 6.01. The van der Waals surface area contributed by atoms with Gasteiger partial charge in [-0.2, -0.15) is 0 Å². The summed E-state index contributed by atoms with van der Waals surface area (Å²) in [7, 11) is 0. The van der Waals surface area contributed by atoms with Gasteiger partial charge in [0.15, 0.2) is 5.78 Å². The van der Waals surface area contributed by atoms with Crippen molar-refractivity contribution in [1.29, 1.82) is 0 Å². The van der Waals surface area contributed by atoms with Gasteiger partial charge in [-0.1, -0.05) is 6.07 Å². The van der Waals surface area contributed by atoms with Gasteiger partial charge in [-0.15, -0.1) is 11.3 Å². The largest absolute Gasteiger partial charge is 0.370 e. The molecule has 2 aromatic heterocycles. The predicted octanol–water partition coefficient (Wildman–Crippen LogP) is 4.48. The van der Waals surface area contributed by atoms with E-state index >= 15 is 0 Å². The summed E-state index contributed by atoms with van der Waals surface area (Å²) in [5, 5.41) is 1.66. The summed E-state index contributed by atoms with van der Waals surface area (Å²) in [5.41, 5.74) is 7.72. The van der Waals surface area contributed by atoms with Gasteiger partial charge in [0.1, 0.15) is 22.3 Å². The molecule has 1 aliphatic rings. The molecule has 4 rings (SSSR count). The molecular formula is C22H21F2N3O2S. The number of aromatic nitrogens is 2. The summed E-state index contributed by atoms with van der Waals surface area (Å²) >= 11 is 1.03. The van der Waals surface area contributed by atoms with E-state index in [0.717, 1.165) is 28.9 Å². The van der Waals surface area contributed by atoms with Gasteiger partial charge in [0.25, 0.3) is 0 Å². The number of carbonyl (C=O) groups excluding carboxylic acids is 1. The van der Waals surface area contributed by atoms with Crippen molar-refractivity contribution < 1.29 is 18.3 Å². The normalized spacial score (nSPS) is 21.5. The molecule has 1 saturated heterocycles. The minimum Gasteiger partial charge on any atom is -0.370 e. The number of benzene rings is 1. The van der Waals surface area contributed by atoms with Crippen LogP contribution in [0, 0.1) is 11.6 Å². The quantitative estimate of drug-likeness (QED) is 0.605. The van der Waals surface area contributed by atoms with Gasteiger partial charge in [-0.25, -0.2) is 13.8 Å². The Morgan fingerprint density at radius 1 is 1.27 bits per heavy atom. The van der Waals surface area contributed by atoms with Crippen molar-refractivity contribution in [2.75, 3.05) is 0 Å². The number of nitrogens with zero attached hydrogens (tertiary/aromatic N) is 2. The van der Waals surface area contributed by atoms with Crippen LogP contribution in [0.15, 0.2) is 42.0 Å². The molecule has 0 radical (unpaired) electrons. The number of hydrogen-bond acceptors (Lipinski definition) is 6. The lowest BCUT2D eigenvalue weighted by Crippen LogP contribution is -2.35. The molecule has 2 N–H and O–H groups in total. The molecule has 156 valence electrons. The summed E-state index contributed by atoms with van der Waals surface area (Å²) in [6.45, 7) is 1.98. The standard InChI is InChI=1S/C22H21F2N3O2S/c1-12-7-14(25)9-20(29-12)15-5-6-26-10-13(15)8-19(28)18-11-30-22(27-18)21-16(23)3-2-4-17(21)24/h2-6,10-12,14,20H,7-9,25H2,1H3/t12-,14+,20-/m1/s1. The number of nitrogens with two attached hydrogens (primary N) is 1. The van der Waals surface area contributed by atoms with Crippen molar-refractivity contribution in [3.05, 3.63) is 70.5 Å². The summed E-state index contributed by atoms with van der Waals surface area (Å²) < 4.78 is 34.1. The minimum absolute atomic E-state index is 0.0345. The lowest BCUT2D eigenvalue weighted by atomic mass is 9.92. The Labute approximate surface area is 176 Å². The minimum atomic E-state index is -0.710. The number of ether oxygens (including phenoxy) is 1. The number of thiazole rings is 1. The third-order valence-electron chi connectivity index (χ3n) is 5.15. The van der Waals surface area contributed by atoms with Crippen LogP contribution < -0.4 is 5.73 Å². The second kappa shape index (κ2) is 8.67. The van der Waals surface area contributed by atoms with Gasteiger partial charge in [0.05, 0.1) is 17.8 Å². The van der Waals surface area contributed by atoms with Crippen molar-refractivity contribution in [1.82, 2.24) is 9.97 Å². The molecule has 3 aromatic rings. The lowest BCUT2D eigenvalue weighted by molar-refractivity contribution is -0.0490. The molecule has 0 spiro atoms. The van der Waals surface area contributed by atoms with Crippen molar-refractivity contribution in [2.24, 2.45) is 5.73 Å². The highest BCUT2D eigenvalue weighted by molar-refractivity contribution is 7.13. The van der Waals surface area contributed by atoms with Crippen LogP contribution in [0.25, 0.3) is 10.6 Å². The van der Waals surface area contributed by atoms with Gasteiger partial charge >= 0.3 is 0 Å². The Morgan fingerprint density at radius 3 is 2.77 bits per heavy atom. The van der Waals surface area contributed by atoms with Crippen molar-refractivity contribution in [2.45, 2.75) is 44.4 Å². The zero-order valence-corrected chi connectivity index (χ0v) is 17.2. The molecule has 0 saturated carbocycles. The number of ketones is 1. The average molecular weight is 429 g/mol. The second-order valence-corrected chi connectivity index (χ2v) is 8.33. The van der Waals surface area contributed by atoms with E-state index in [4.69, 9.17) is 10.5 Å². The van der Waals surface area contributed by atoms with E-state index in [0.29, 0.717) is 6.42 Å². The molecule has 1 aromatic carbocycles.